The van der Waals surface area contributed by atoms with Gasteiger partial charge in [-0.15, -0.1) is 0 Å². The average molecular weight is 371 g/mol. The Labute approximate surface area is 159 Å². The van der Waals surface area contributed by atoms with Crippen LogP contribution in [0.4, 0.5) is 21.8 Å². The van der Waals surface area contributed by atoms with Crippen molar-refractivity contribution in [3.63, 3.8) is 0 Å². The highest BCUT2D eigenvalue weighted by molar-refractivity contribution is 5.81. The summed E-state index contributed by atoms with van der Waals surface area (Å²) in [6.45, 7) is 7.27. The van der Waals surface area contributed by atoms with Gasteiger partial charge in [0.25, 0.3) is 0 Å². The maximum Gasteiger partial charge on any atom is 0.227 e. The van der Waals surface area contributed by atoms with E-state index in [-0.39, 0.29) is 23.2 Å². The third kappa shape index (κ3) is 4.93. The predicted molar refractivity (Wildman–Crippen MR) is 105 cm³/mol. The van der Waals surface area contributed by atoms with Crippen LogP contribution in [0.3, 0.4) is 0 Å². The maximum absolute atomic E-state index is 13.8. The van der Waals surface area contributed by atoms with E-state index in [1.165, 1.54) is 6.07 Å². The fourth-order valence-electron chi connectivity index (χ4n) is 2.90. The van der Waals surface area contributed by atoms with Gasteiger partial charge in [-0.05, 0) is 31.0 Å². The Hall–Kier alpha value is -2.70. The number of hydrogen-bond acceptors (Lipinski definition) is 5. The Bertz CT molecular complexity index is 797. The highest BCUT2D eigenvalue weighted by Gasteiger charge is 2.27. The minimum Gasteiger partial charge on any atom is -0.353 e. The van der Waals surface area contributed by atoms with Gasteiger partial charge in [0.2, 0.25) is 11.9 Å². The van der Waals surface area contributed by atoms with Crippen LogP contribution in [0.1, 0.15) is 33.6 Å². The standard InChI is InChI=1S/C20H26FN5O/c1-20(2,3)18(27)23-14-9-12-26(13-10-14)19-22-11-8-17(25-19)24-16-7-5-4-6-15(16)21/h4-8,11,14H,9-10,12-13H2,1-3H3,(H,23,27)(H,22,24,25). The molecule has 0 saturated carbocycles. The number of halogens is 1. The quantitative estimate of drug-likeness (QED) is 0.861. The van der Waals surface area contributed by atoms with Crippen molar-refractivity contribution in [1.82, 2.24) is 15.3 Å². The highest BCUT2D eigenvalue weighted by Crippen LogP contribution is 2.22. The number of amides is 1. The zero-order valence-corrected chi connectivity index (χ0v) is 16.0. The topological polar surface area (TPSA) is 70.2 Å². The molecule has 144 valence electrons. The fourth-order valence-corrected chi connectivity index (χ4v) is 2.90. The molecule has 1 aromatic heterocycles. The van der Waals surface area contributed by atoms with Crippen LogP contribution in [0.25, 0.3) is 0 Å². The van der Waals surface area contributed by atoms with E-state index < -0.39 is 0 Å². The van der Waals surface area contributed by atoms with Crippen LogP contribution in [-0.2, 0) is 4.79 Å². The first-order valence-electron chi connectivity index (χ1n) is 9.23. The summed E-state index contributed by atoms with van der Waals surface area (Å²) in [5.74, 6) is 0.909. The van der Waals surface area contributed by atoms with Crippen LogP contribution < -0.4 is 15.5 Å². The molecule has 2 heterocycles. The number of anilines is 3. The first kappa shape index (κ1) is 19.1. The van der Waals surface area contributed by atoms with Crippen molar-refractivity contribution in [2.24, 2.45) is 5.41 Å². The van der Waals surface area contributed by atoms with Gasteiger partial charge in [-0.3, -0.25) is 4.79 Å². The van der Waals surface area contributed by atoms with Gasteiger partial charge in [-0.25, -0.2) is 9.37 Å². The number of rotatable bonds is 4. The second kappa shape index (κ2) is 7.90. The van der Waals surface area contributed by atoms with Crippen LogP contribution in [0.15, 0.2) is 36.5 Å². The third-order valence-electron chi connectivity index (χ3n) is 4.57. The Kier molecular flexibility index (Phi) is 5.58. The molecule has 1 amide bonds. The first-order valence-corrected chi connectivity index (χ1v) is 9.23. The number of nitrogens with zero attached hydrogens (tertiary/aromatic N) is 3. The second-order valence-electron chi connectivity index (χ2n) is 7.83. The monoisotopic (exact) mass is 371 g/mol. The number of piperidine rings is 1. The SMILES string of the molecule is CC(C)(C)C(=O)NC1CCN(c2nccc(Nc3ccccc3F)n2)CC1. The minimum atomic E-state index is -0.382. The van der Waals surface area contributed by atoms with Crippen molar-refractivity contribution in [2.45, 2.75) is 39.7 Å². The average Bonchev–Trinajstić information content (AvgIpc) is 2.64. The Morgan fingerprint density at radius 2 is 1.89 bits per heavy atom. The van der Waals surface area contributed by atoms with E-state index in [2.05, 4.69) is 25.5 Å². The van der Waals surface area contributed by atoms with Crippen molar-refractivity contribution in [2.75, 3.05) is 23.3 Å². The molecule has 1 fully saturated rings. The molecule has 2 aromatic rings. The number of carbonyl (C=O) groups excluding carboxylic acids is 1. The summed E-state index contributed by atoms with van der Waals surface area (Å²) >= 11 is 0. The van der Waals surface area contributed by atoms with Gasteiger partial charge in [-0.1, -0.05) is 32.9 Å². The maximum atomic E-state index is 13.8. The number of para-hydroxylation sites is 1. The molecule has 1 aliphatic heterocycles. The normalized spacial score (nSPS) is 15.5. The van der Waals surface area contributed by atoms with Crippen LogP contribution >= 0.6 is 0 Å². The Morgan fingerprint density at radius 3 is 2.56 bits per heavy atom. The lowest BCUT2D eigenvalue weighted by molar-refractivity contribution is -0.129. The van der Waals surface area contributed by atoms with E-state index in [0.29, 0.717) is 17.5 Å². The number of carbonyl (C=O) groups is 1. The zero-order valence-electron chi connectivity index (χ0n) is 16.0. The molecular formula is C20H26FN5O. The molecule has 6 nitrogen and oxygen atoms in total. The molecule has 0 spiro atoms. The smallest absolute Gasteiger partial charge is 0.227 e. The van der Waals surface area contributed by atoms with E-state index in [4.69, 9.17) is 0 Å². The summed E-state index contributed by atoms with van der Waals surface area (Å²) in [4.78, 5) is 23.1. The third-order valence-corrected chi connectivity index (χ3v) is 4.57. The van der Waals surface area contributed by atoms with Crippen LogP contribution in [0, 0.1) is 11.2 Å². The summed E-state index contributed by atoms with van der Waals surface area (Å²) in [6.07, 6.45) is 3.35. The number of aromatic nitrogens is 2. The van der Waals surface area contributed by atoms with Gasteiger partial charge in [-0.2, -0.15) is 4.98 Å². The van der Waals surface area contributed by atoms with E-state index in [0.717, 1.165) is 25.9 Å². The zero-order chi connectivity index (χ0) is 19.4. The fraction of sp³-hybridized carbons (Fsp3) is 0.450. The van der Waals surface area contributed by atoms with E-state index in [9.17, 15) is 9.18 Å². The summed E-state index contributed by atoms with van der Waals surface area (Å²) in [5, 5.41) is 6.11. The largest absolute Gasteiger partial charge is 0.353 e. The Morgan fingerprint density at radius 1 is 1.19 bits per heavy atom. The van der Waals surface area contributed by atoms with Gasteiger partial charge in [0, 0.05) is 30.7 Å². The van der Waals surface area contributed by atoms with Crippen molar-refractivity contribution in [3.05, 3.63) is 42.3 Å². The Balaban J connectivity index is 1.60. The molecule has 27 heavy (non-hydrogen) atoms. The summed E-state index contributed by atoms with van der Waals surface area (Å²) in [5.41, 5.74) is -0.00166. The predicted octanol–water partition coefficient (Wildman–Crippen LogP) is 3.49. The molecule has 3 rings (SSSR count). The van der Waals surface area contributed by atoms with E-state index in [1.54, 1.807) is 30.5 Å². The lowest BCUT2D eigenvalue weighted by Gasteiger charge is -2.33. The lowest BCUT2D eigenvalue weighted by atomic mass is 9.94. The number of benzene rings is 1. The molecule has 7 heteroatoms. The lowest BCUT2D eigenvalue weighted by Crippen LogP contribution is -2.48. The number of hydrogen-bond donors (Lipinski definition) is 2. The van der Waals surface area contributed by atoms with Gasteiger partial charge in [0.05, 0.1) is 5.69 Å². The minimum absolute atomic E-state index is 0.0771. The first-order chi connectivity index (χ1) is 12.8. The molecule has 2 N–H and O–H groups in total. The molecule has 0 bridgehead atoms. The molecule has 1 saturated heterocycles. The summed E-state index contributed by atoms with van der Waals surface area (Å²) in [6, 6.07) is 8.37. The van der Waals surface area contributed by atoms with Crippen molar-refractivity contribution < 1.29 is 9.18 Å². The van der Waals surface area contributed by atoms with Gasteiger partial charge >= 0.3 is 0 Å². The second-order valence-corrected chi connectivity index (χ2v) is 7.83. The molecule has 0 atom stereocenters. The molecule has 1 aromatic carbocycles. The summed E-state index contributed by atoms with van der Waals surface area (Å²) in [7, 11) is 0. The summed E-state index contributed by atoms with van der Waals surface area (Å²) < 4.78 is 13.8. The molecule has 0 radical (unpaired) electrons. The van der Waals surface area contributed by atoms with Crippen LogP contribution in [0.2, 0.25) is 0 Å². The molecule has 1 aliphatic rings. The molecular weight excluding hydrogens is 345 g/mol. The van der Waals surface area contributed by atoms with Crippen molar-refractivity contribution in [3.8, 4) is 0 Å². The molecule has 0 aliphatic carbocycles. The van der Waals surface area contributed by atoms with E-state index >= 15 is 0 Å². The number of nitrogens with one attached hydrogen (secondary N) is 2. The van der Waals surface area contributed by atoms with E-state index in [1.807, 2.05) is 20.8 Å². The van der Waals surface area contributed by atoms with Crippen molar-refractivity contribution in [1.29, 1.82) is 0 Å². The molecule has 0 unspecified atom stereocenters. The highest BCUT2D eigenvalue weighted by atomic mass is 19.1. The van der Waals surface area contributed by atoms with Crippen LogP contribution in [0.5, 0.6) is 0 Å². The van der Waals surface area contributed by atoms with Gasteiger partial charge in [0.15, 0.2) is 0 Å². The van der Waals surface area contributed by atoms with Gasteiger partial charge < -0.3 is 15.5 Å². The van der Waals surface area contributed by atoms with Crippen molar-refractivity contribution >= 4 is 23.4 Å². The van der Waals surface area contributed by atoms with Crippen LogP contribution in [-0.4, -0.2) is 35.0 Å². The van der Waals surface area contributed by atoms with Gasteiger partial charge in [0.1, 0.15) is 11.6 Å².